The lowest BCUT2D eigenvalue weighted by molar-refractivity contribution is -0.161. The maximum atomic E-state index is 12.9. The van der Waals surface area contributed by atoms with Gasteiger partial charge in [-0.05, 0) is 96.3 Å². The number of carbonyl (C=O) groups excluding carboxylic acids is 3. The van der Waals surface area contributed by atoms with Gasteiger partial charge in [0.15, 0.2) is 6.10 Å². The Morgan fingerprint density at radius 1 is 0.341 bits per heavy atom. The van der Waals surface area contributed by atoms with Gasteiger partial charge in [-0.2, -0.15) is 0 Å². The van der Waals surface area contributed by atoms with Crippen LogP contribution >= 0.6 is 15.6 Å². The zero-order valence-electron chi connectivity index (χ0n) is 52.2. The molecule has 0 radical (unpaired) electrons. The minimum Gasteiger partial charge on any atom is -0.463 e. The summed E-state index contributed by atoms with van der Waals surface area (Å²) >= 11 is 0. The fourth-order valence-electron chi connectivity index (χ4n) is 7.88. The molecule has 0 aliphatic rings. The predicted molar refractivity (Wildman–Crippen MR) is 343 cm³/mol. The van der Waals surface area contributed by atoms with E-state index in [1.807, 2.05) is 18.2 Å². The van der Waals surface area contributed by atoms with Crippen molar-refractivity contribution in [2.24, 2.45) is 0 Å². The van der Waals surface area contributed by atoms with Crippen LogP contribution in [0.15, 0.2) is 122 Å². The Hall–Kier alpha value is -4.05. The maximum Gasteiger partial charge on any atom is 0.472 e. The molecule has 0 amide bonds. The lowest BCUT2D eigenvalue weighted by Crippen LogP contribution is -2.30. The molecule has 0 aliphatic heterocycles. The quantitative estimate of drug-likeness (QED) is 0.0146. The molecule has 0 aliphatic carbocycles. The van der Waals surface area contributed by atoms with E-state index in [2.05, 4.69) is 124 Å². The largest absolute Gasteiger partial charge is 0.472 e. The van der Waals surface area contributed by atoms with Crippen LogP contribution in [-0.4, -0.2) is 95.9 Å². The van der Waals surface area contributed by atoms with Crippen LogP contribution < -0.4 is 0 Å². The van der Waals surface area contributed by atoms with Gasteiger partial charge in [0.2, 0.25) is 0 Å². The number of aliphatic hydroxyl groups excluding tert-OH is 2. The number of unbranched alkanes of at least 4 members (excludes halogenated alkanes) is 16. The highest BCUT2D eigenvalue weighted by Crippen LogP contribution is 2.45. The van der Waals surface area contributed by atoms with Gasteiger partial charge in [0.1, 0.15) is 25.4 Å². The summed E-state index contributed by atoms with van der Waals surface area (Å²) in [6, 6.07) is 0. The minimum absolute atomic E-state index is 0.0577. The Morgan fingerprint density at radius 3 is 1.06 bits per heavy atom. The van der Waals surface area contributed by atoms with Crippen molar-refractivity contribution < 1.29 is 75.8 Å². The molecule has 5 atom stereocenters. The second-order valence-corrected chi connectivity index (χ2v) is 23.7. The molecule has 0 spiro atoms. The third-order valence-electron chi connectivity index (χ3n) is 12.7. The van der Waals surface area contributed by atoms with Crippen LogP contribution in [0.4, 0.5) is 0 Å². The van der Waals surface area contributed by atoms with Gasteiger partial charge >= 0.3 is 33.6 Å². The topological polar surface area (TPSA) is 231 Å². The molecule has 5 unspecified atom stereocenters. The number of ether oxygens (including phenoxy) is 3. The number of aliphatic hydroxyl groups is 2. The van der Waals surface area contributed by atoms with Crippen molar-refractivity contribution in [3.8, 4) is 0 Å². The standard InChI is InChI=1S/C67H112O16P2/c1-4-7-10-13-16-19-22-24-26-28-30-32-34-36-39-41-44-47-50-53-65(70)77-56-62(68)57-79-84(73,74)80-58-63(69)59-81-85(75,76)82-61-64(83-67(72)55-52-49-46-43-38-21-18-15-12-9-6-3)60-78-66(71)54-51-48-45-42-40-37-35-33-31-29-27-25-23-20-17-14-11-8-5-2/h7-8,10-11,16-17,19-20,24-27,30-33,36,39,44,47,62-64,68-69H,4-6,9,12-15,18,21-23,28-29,34-35,37-38,40-43,45-46,48-61H2,1-3H3,(H,73,74)(H,75,76)/b10-7-,11-8-,19-16-,20-17-,26-24-,27-25-,32-30-,33-31-,39-36-,47-44-. The van der Waals surface area contributed by atoms with Crippen molar-refractivity contribution in [2.75, 3.05) is 39.6 Å². The van der Waals surface area contributed by atoms with E-state index < -0.39 is 91.5 Å². The van der Waals surface area contributed by atoms with E-state index in [1.54, 1.807) is 0 Å². The Morgan fingerprint density at radius 2 is 0.647 bits per heavy atom. The summed E-state index contributed by atoms with van der Waals surface area (Å²) in [5.74, 6) is -1.68. The molecule has 0 fully saturated rings. The van der Waals surface area contributed by atoms with Crippen molar-refractivity contribution in [3.05, 3.63) is 122 Å². The summed E-state index contributed by atoms with van der Waals surface area (Å²) < 4.78 is 60.6. The second-order valence-electron chi connectivity index (χ2n) is 20.8. The van der Waals surface area contributed by atoms with Crippen LogP contribution in [0.2, 0.25) is 0 Å². The predicted octanol–water partition coefficient (Wildman–Crippen LogP) is 17.1. The Kier molecular flexibility index (Phi) is 57.4. The molecule has 0 aromatic carbocycles. The van der Waals surface area contributed by atoms with E-state index in [-0.39, 0.29) is 19.3 Å². The summed E-state index contributed by atoms with van der Waals surface area (Å²) in [4.78, 5) is 58.1. The maximum absolute atomic E-state index is 12.9. The van der Waals surface area contributed by atoms with E-state index >= 15 is 0 Å². The third-order valence-corrected chi connectivity index (χ3v) is 14.6. The van der Waals surface area contributed by atoms with Crippen molar-refractivity contribution in [1.29, 1.82) is 0 Å². The average molecular weight is 1240 g/mol. The van der Waals surface area contributed by atoms with Crippen LogP contribution in [0.25, 0.3) is 0 Å². The fraction of sp³-hybridized carbons (Fsp3) is 0.657. The number of phosphoric ester groups is 2. The first kappa shape index (κ1) is 81.0. The van der Waals surface area contributed by atoms with Gasteiger partial charge in [0, 0.05) is 19.3 Å². The van der Waals surface area contributed by atoms with Gasteiger partial charge in [-0.15, -0.1) is 0 Å². The van der Waals surface area contributed by atoms with Crippen LogP contribution in [0.3, 0.4) is 0 Å². The van der Waals surface area contributed by atoms with Crippen molar-refractivity contribution in [2.45, 2.75) is 245 Å². The minimum atomic E-state index is -4.93. The van der Waals surface area contributed by atoms with Gasteiger partial charge in [0.25, 0.3) is 0 Å². The first-order valence-electron chi connectivity index (χ1n) is 31.8. The number of esters is 3. The summed E-state index contributed by atoms with van der Waals surface area (Å²) in [6.45, 7) is 2.30. The fourth-order valence-corrected chi connectivity index (χ4v) is 9.46. The smallest absolute Gasteiger partial charge is 0.463 e. The molecular weight excluding hydrogens is 1120 g/mol. The van der Waals surface area contributed by atoms with E-state index in [0.717, 1.165) is 122 Å². The van der Waals surface area contributed by atoms with E-state index in [1.165, 1.54) is 38.5 Å². The lowest BCUT2D eigenvalue weighted by Gasteiger charge is -2.21. The third kappa shape index (κ3) is 61.4. The zero-order chi connectivity index (χ0) is 62.4. The molecule has 0 saturated carbocycles. The Bertz CT molecular complexity index is 2040. The SMILES string of the molecule is CC/C=C\C/C=C\C/C=C\C/C=C\C/C=C\C/C=C\CCC(=O)OCC(O)COP(=O)(O)OCC(O)COP(=O)(O)OCC(COC(=O)CCCCCCCC/C=C\C/C=C\C/C=C\C/C=C\CC)OC(=O)CCCCCCCCCCCCC. The highest BCUT2D eigenvalue weighted by Gasteiger charge is 2.29. The molecule has 18 heteroatoms. The van der Waals surface area contributed by atoms with Gasteiger partial charge in [-0.1, -0.05) is 232 Å². The average Bonchev–Trinajstić information content (AvgIpc) is 3.60. The summed E-state index contributed by atoms with van der Waals surface area (Å²) in [6.07, 6.45) is 67.1. The molecule has 0 aromatic rings. The summed E-state index contributed by atoms with van der Waals surface area (Å²) in [5.41, 5.74) is 0. The van der Waals surface area contributed by atoms with Gasteiger partial charge in [-0.25, -0.2) is 9.13 Å². The number of hydrogen-bond acceptors (Lipinski definition) is 14. The van der Waals surface area contributed by atoms with Crippen LogP contribution in [0.5, 0.6) is 0 Å². The first-order chi connectivity index (χ1) is 41.2. The number of hydrogen-bond donors (Lipinski definition) is 4. The molecule has 0 aromatic heterocycles. The normalized spacial score (nSPS) is 15.1. The summed E-state index contributed by atoms with van der Waals surface area (Å²) in [5, 5.41) is 20.5. The number of phosphoric acid groups is 2. The molecule has 0 bridgehead atoms. The molecular formula is C67H112O16P2. The van der Waals surface area contributed by atoms with E-state index in [4.69, 9.17) is 32.3 Å². The van der Waals surface area contributed by atoms with Crippen LogP contribution in [-0.2, 0) is 55.8 Å². The highest BCUT2D eigenvalue weighted by atomic mass is 31.2. The number of allylic oxidation sites excluding steroid dienone is 20. The van der Waals surface area contributed by atoms with Gasteiger partial charge < -0.3 is 34.2 Å². The molecule has 0 rings (SSSR count). The van der Waals surface area contributed by atoms with Gasteiger partial charge in [-0.3, -0.25) is 32.5 Å². The van der Waals surface area contributed by atoms with Crippen molar-refractivity contribution >= 4 is 33.6 Å². The molecule has 0 heterocycles. The molecule has 4 N–H and O–H groups in total. The van der Waals surface area contributed by atoms with E-state index in [9.17, 15) is 43.5 Å². The summed E-state index contributed by atoms with van der Waals surface area (Å²) in [7, 11) is -9.79. The van der Waals surface area contributed by atoms with Crippen molar-refractivity contribution in [3.63, 3.8) is 0 Å². The molecule has 85 heavy (non-hydrogen) atoms. The number of carbonyl (C=O) groups is 3. The van der Waals surface area contributed by atoms with Gasteiger partial charge in [0.05, 0.1) is 26.4 Å². The van der Waals surface area contributed by atoms with E-state index in [0.29, 0.717) is 25.7 Å². The number of rotatable bonds is 59. The lowest BCUT2D eigenvalue weighted by atomic mass is 10.1. The van der Waals surface area contributed by atoms with Crippen LogP contribution in [0.1, 0.15) is 226 Å². The van der Waals surface area contributed by atoms with Crippen LogP contribution in [0, 0.1) is 0 Å². The second kappa shape index (κ2) is 60.2. The zero-order valence-corrected chi connectivity index (χ0v) is 54.0. The highest BCUT2D eigenvalue weighted by molar-refractivity contribution is 7.47. The van der Waals surface area contributed by atoms with Crippen molar-refractivity contribution in [1.82, 2.24) is 0 Å². The molecule has 486 valence electrons. The first-order valence-corrected chi connectivity index (χ1v) is 34.8. The molecule has 0 saturated heterocycles. The Balaban J connectivity index is 4.70. The Labute approximate surface area is 512 Å². The monoisotopic (exact) mass is 1230 g/mol. The molecule has 16 nitrogen and oxygen atoms in total.